The molecule has 0 aliphatic heterocycles. The van der Waals surface area contributed by atoms with Crippen LogP contribution in [0.25, 0.3) is 0 Å². The van der Waals surface area contributed by atoms with Crippen LogP contribution < -0.4 is 42.4 Å². The van der Waals surface area contributed by atoms with Gasteiger partial charge in [-0.25, -0.2) is 0 Å². The van der Waals surface area contributed by atoms with Crippen molar-refractivity contribution in [1.82, 2.24) is 0 Å². The summed E-state index contributed by atoms with van der Waals surface area (Å²) in [5.74, 6) is 1.17. The number of hydrogen-bond donors (Lipinski definition) is 0. The summed E-state index contributed by atoms with van der Waals surface area (Å²) in [6, 6.07) is 87.6. The van der Waals surface area contributed by atoms with E-state index in [9.17, 15) is 0 Å². The number of hydrogen-bond acceptors (Lipinski definition) is 0. The molecule has 0 aliphatic carbocycles. The molecule has 0 saturated carbocycles. The van der Waals surface area contributed by atoms with Crippen LogP contribution in [0.3, 0.4) is 0 Å². The molecule has 58 heavy (non-hydrogen) atoms. The van der Waals surface area contributed by atoms with Gasteiger partial charge in [-0.3, -0.25) is 0 Å². The van der Waals surface area contributed by atoms with Gasteiger partial charge in [0.2, 0.25) is 0 Å². The van der Waals surface area contributed by atoms with E-state index in [1.54, 1.807) is 0 Å². The smallest absolute Gasteiger partial charge is 0.0622 e. The Hall–Kier alpha value is -2.24. The van der Waals surface area contributed by atoms with Gasteiger partial charge in [0.25, 0.3) is 0 Å². The molecule has 8 rings (SSSR count). The summed E-state index contributed by atoms with van der Waals surface area (Å²) in [4.78, 5) is 0. The predicted molar refractivity (Wildman–Crippen MR) is 262 cm³/mol. The minimum absolute atomic E-state index is 0. The van der Waals surface area contributed by atoms with Crippen molar-refractivity contribution in [3.05, 3.63) is 243 Å². The van der Waals surface area contributed by atoms with Gasteiger partial charge in [-0.1, -0.05) is 275 Å². The zero-order chi connectivity index (χ0) is 38.4. The number of alkyl halides is 2. The van der Waals surface area contributed by atoms with Crippen molar-refractivity contribution in [1.29, 1.82) is 0 Å². The molecule has 0 aliphatic rings. The van der Waals surface area contributed by atoms with Gasteiger partial charge in [0, 0.05) is 46.7 Å². The third kappa shape index (κ3) is 12.4. The van der Waals surface area contributed by atoms with Gasteiger partial charge in [-0.05, 0) is 74.1 Å². The Labute approximate surface area is 394 Å². The summed E-state index contributed by atoms with van der Waals surface area (Å²) < 4.78 is -0.296. The standard InChI is InChI=1S/C25H20Br2P2.C25H22P2.2Pd/c26-25(27,28(21-13-5-1-6-14-21)22-15-7-2-8-16-22)29(23-17-9-3-10-18-23)24-19-11-4-12-20-24;1-5-13-22(14-6-1)26(23-15-7-2-8-16-23)21-27(24-17-9-3-10-18-24)25-19-11-4-12-20-25;;/h1-20H;1-20H,21H2;;. The maximum atomic E-state index is 4.24. The largest absolute Gasteiger partial charge is 0.134 e. The first-order valence-electron chi connectivity index (χ1n) is 18.5. The normalized spacial score (nSPS) is 11.0. The third-order valence-electron chi connectivity index (χ3n) is 9.15. The molecule has 8 aromatic carbocycles. The number of benzene rings is 8. The fourth-order valence-electron chi connectivity index (χ4n) is 6.53. The van der Waals surface area contributed by atoms with Gasteiger partial charge < -0.3 is 0 Å². The van der Waals surface area contributed by atoms with E-state index in [2.05, 4.69) is 275 Å². The van der Waals surface area contributed by atoms with Crippen LogP contribution in [-0.2, 0) is 40.8 Å². The molecule has 0 bridgehead atoms. The Balaban J connectivity index is 0.000000214. The summed E-state index contributed by atoms with van der Waals surface area (Å²) in [5, 5.41) is 11.2. The molecule has 0 unspecified atom stereocenters. The van der Waals surface area contributed by atoms with E-state index in [1.807, 2.05) is 0 Å². The minimum atomic E-state index is -0.719. The summed E-state index contributed by atoms with van der Waals surface area (Å²) in [6.45, 7) is 0. The maximum Gasteiger partial charge on any atom is 0.134 e. The van der Waals surface area contributed by atoms with Crippen LogP contribution in [0, 0.1) is 0 Å². The van der Waals surface area contributed by atoms with E-state index in [0.29, 0.717) is 0 Å². The molecule has 0 saturated heterocycles. The van der Waals surface area contributed by atoms with Crippen LogP contribution in [0.15, 0.2) is 243 Å². The van der Waals surface area contributed by atoms with Gasteiger partial charge in [0.1, 0.15) is 2.72 Å². The second-order valence-corrected chi connectivity index (χ2v) is 28.8. The minimum Gasteiger partial charge on any atom is -0.0622 e. The predicted octanol–water partition coefficient (Wildman–Crippen LogP) is 11.9. The molecule has 296 valence electrons. The molecule has 0 atom stereocenters. The van der Waals surface area contributed by atoms with Crippen LogP contribution in [0.2, 0.25) is 0 Å². The maximum absolute atomic E-state index is 4.24. The van der Waals surface area contributed by atoms with Crippen molar-refractivity contribution in [2.75, 3.05) is 5.90 Å². The van der Waals surface area contributed by atoms with Crippen molar-refractivity contribution in [3.8, 4) is 0 Å². The Morgan fingerprint density at radius 2 is 0.414 bits per heavy atom. The van der Waals surface area contributed by atoms with Crippen molar-refractivity contribution < 1.29 is 40.8 Å². The van der Waals surface area contributed by atoms with Crippen molar-refractivity contribution >= 4 is 106 Å². The van der Waals surface area contributed by atoms with Crippen molar-refractivity contribution in [2.24, 2.45) is 0 Å². The molecule has 0 aromatic heterocycles. The zero-order valence-electron chi connectivity index (χ0n) is 31.5. The summed E-state index contributed by atoms with van der Waals surface area (Å²) in [6.07, 6.45) is 0. The Bertz CT molecular complexity index is 1990. The molecule has 0 N–H and O–H groups in total. The monoisotopic (exact) mass is 1140 g/mol. The average molecular weight is 1140 g/mol. The Morgan fingerprint density at radius 1 is 0.259 bits per heavy atom. The first kappa shape index (κ1) is 46.8. The zero-order valence-corrected chi connectivity index (χ0v) is 41.3. The van der Waals surface area contributed by atoms with E-state index in [0.717, 1.165) is 0 Å². The molecule has 8 aromatic rings. The fraction of sp³-hybridized carbons (Fsp3) is 0.0400. The van der Waals surface area contributed by atoms with E-state index in [-0.39, 0.29) is 43.6 Å². The fourth-order valence-corrected chi connectivity index (χ4v) is 23.8. The van der Waals surface area contributed by atoms with Gasteiger partial charge in [0.15, 0.2) is 0 Å². The van der Waals surface area contributed by atoms with Gasteiger partial charge in [0.05, 0.1) is 0 Å². The topological polar surface area (TPSA) is 0 Å². The van der Waals surface area contributed by atoms with Crippen LogP contribution in [-0.4, -0.2) is 8.62 Å². The second-order valence-electron chi connectivity index (χ2n) is 12.9. The van der Waals surface area contributed by atoms with E-state index in [1.165, 1.54) is 48.3 Å². The molecule has 0 spiro atoms. The first-order chi connectivity index (χ1) is 27.6. The number of rotatable bonds is 12. The average Bonchev–Trinajstić information content (AvgIpc) is 3.27. The summed E-state index contributed by atoms with van der Waals surface area (Å²) >= 11 is 8.47. The Morgan fingerprint density at radius 3 is 0.586 bits per heavy atom. The van der Waals surface area contributed by atoms with Crippen LogP contribution in [0.5, 0.6) is 0 Å². The SMILES string of the molecule is BrC(Br)(P(c1ccccc1)c1ccccc1)P(c1ccccc1)c1ccccc1.[Pd].[Pd].c1ccc(P(CP(c2ccccc2)c2ccccc2)c2ccccc2)cc1. The molecular weight excluding hydrogens is 1100 g/mol. The van der Waals surface area contributed by atoms with Crippen LogP contribution in [0.4, 0.5) is 0 Å². The van der Waals surface area contributed by atoms with E-state index < -0.39 is 31.7 Å². The van der Waals surface area contributed by atoms with Crippen LogP contribution in [0.1, 0.15) is 0 Å². The summed E-state index contributed by atoms with van der Waals surface area (Å²) in [5.41, 5.74) is 0. The van der Waals surface area contributed by atoms with Crippen LogP contribution >= 0.6 is 63.5 Å². The second kappa shape index (κ2) is 24.3. The molecular formula is C50H42Br2P4Pd2. The van der Waals surface area contributed by atoms with Gasteiger partial charge >= 0.3 is 0 Å². The molecule has 0 heterocycles. The van der Waals surface area contributed by atoms with Crippen molar-refractivity contribution in [3.63, 3.8) is 0 Å². The molecule has 8 heteroatoms. The first-order valence-corrected chi connectivity index (χ1v) is 25.9. The van der Waals surface area contributed by atoms with E-state index in [4.69, 9.17) is 0 Å². The van der Waals surface area contributed by atoms with Gasteiger partial charge in [-0.15, -0.1) is 0 Å². The third-order valence-corrected chi connectivity index (χ3v) is 24.9. The van der Waals surface area contributed by atoms with E-state index >= 15 is 0 Å². The van der Waals surface area contributed by atoms with Gasteiger partial charge in [-0.2, -0.15) is 0 Å². The summed E-state index contributed by atoms with van der Waals surface area (Å²) in [7, 11) is -2.25. The molecule has 0 radical (unpaired) electrons. The Kier molecular flexibility index (Phi) is 19.6. The molecule has 0 fully saturated rings. The quantitative estimate of drug-likeness (QED) is 0.0650. The number of halogens is 2. The van der Waals surface area contributed by atoms with Crippen molar-refractivity contribution in [2.45, 2.75) is 2.72 Å². The molecule has 0 amide bonds. The molecule has 0 nitrogen and oxygen atoms in total.